The zero-order chi connectivity index (χ0) is 26.0. The molecular weight excluding hydrogens is 464 g/mol. The fraction of sp³-hybridized carbons (Fsp3) is 0.481. The lowest BCUT2D eigenvalue weighted by Gasteiger charge is -2.27. The van der Waals surface area contributed by atoms with Gasteiger partial charge in [0.2, 0.25) is 0 Å². The third-order valence-electron chi connectivity index (χ3n) is 7.42. The van der Waals surface area contributed by atoms with Crippen LogP contribution in [0.25, 0.3) is 0 Å². The van der Waals surface area contributed by atoms with Gasteiger partial charge in [-0.2, -0.15) is 0 Å². The molecule has 3 aliphatic rings. The van der Waals surface area contributed by atoms with Crippen LogP contribution in [0.5, 0.6) is 5.75 Å². The molecule has 0 bridgehead atoms. The number of rotatable bonds is 6. The number of likely N-dealkylation sites (tertiary alicyclic amines) is 1. The van der Waals surface area contributed by atoms with E-state index in [2.05, 4.69) is 52.3 Å². The van der Waals surface area contributed by atoms with Crippen LogP contribution >= 0.6 is 0 Å². The molecule has 5 rings (SSSR count). The number of aliphatic hydroxyl groups is 1. The average molecular weight is 501 g/mol. The Morgan fingerprint density at radius 3 is 2.25 bits per heavy atom. The number of aliphatic hydroxyl groups excluding tert-OH is 1. The Balaban J connectivity index is 0.000000550. The summed E-state index contributed by atoms with van der Waals surface area (Å²) in [6.45, 7) is 6.64. The van der Waals surface area contributed by atoms with Gasteiger partial charge in [-0.3, -0.25) is 19.4 Å². The van der Waals surface area contributed by atoms with Crippen LogP contribution in [0, 0.1) is 11.3 Å². The van der Waals surface area contributed by atoms with Crippen molar-refractivity contribution in [3.05, 3.63) is 65.7 Å². The lowest BCUT2D eigenvalue weighted by molar-refractivity contribution is -0.123. The summed E-state index contributed by atoms with van der Waals surface area (Å²) in [7, 11) is 1.73. The average Bonchev–Trinajstić information content (AvgIpc) is 3.40. The number of carbonyl (C=O) groups is 2. The summed E-state index contributed by atoms with van der Waals surface area (Å²) in [6.07, 6.45) is -0.302. The number of nitrogens with zero attached hydrogens (tertiary/aromatic N) is 2. The Bertz CT molecular complexity index is 948. The van der Waals surface area contributed by atoms with E-state index in [4.69, 9.17) is 29.3 Å². The first-order valence-corrected chi connectivity index (χ1v) is 12.1. The van der Waals surface area contributed by atoms with Crippen molar-refractivity contribution in [2.45, 2.75) is 18.6 Å². The van der Waals surface area contributed by atoms with Crippen molar-refractivity contribution in [1.29, 1.82) is 0 Å². The lowest BCUT2D eigenvalue weighted by atomic mass is 9.95. The van der Waals surface area contributed by atoms with Crippen LogP contribution in [0.1, 0.15) is 17.0 Å². The van der Waals surface area contributed by atoms with Crippen molar-refractivity contribution < 1.29 is 34.4 Å². The third-order valence-corrected chi connectivity index (χ3v) is 7.42. The SMILES string of the molecule is COc1ccccc1CN1C[C@H](O)[C@@]2(C1)[C@H](CN1CCOCC1)[C@H]2c1ccccc1.O=CO.O=CO. The number of carboxylic acid groups (broad SMARTS) is 2. The summed E-state index contributed by atoms with van der Waals surface area (Å²) < 4.78 is 11.1. The van der Waals surface area contributed by atoms with Crippen LogP contribution < -0.4 is 4.74 Å². The number of morpholine rings is 1. The highest BCUT2D eigenvalue weighted by Gasteiger charge is 2.71. The highest BCUT2D eigenvalue weighted by molar-refractivity contribution is 5.38. The summed E-state index contributed by atoms with van der Waals surface area (Å²) in [4.78, 5) is 21.7. The molecule has 4 atom stereocenters. The Morgan fingerprint density at radius 1 is 1.00 bits per heavy atom. The minimum absolute atomic E-state index is 0.0539. The van der Waals surface area contributed by atoms with Gasteiger partial charge in [0.05, 0.1) is 26.4 Å². The molecule has 1 saturated carbocycles. The van der Waals surface area contributed by atoms with Gasteiger partial charge in [0.1, 0.15) is 5.75 Å². The molecule has 0 aromatic heterocycles. The summed E-state index contributed by atoms with van der Waals surface area (Å²) in [5, 5.41) is 25.1. The monoisotopic (exact) mass is 500 g/mol. The second-order valence-corrected chi connectivity index (χ2v) is 9.23. The number of ether oxygens (including phenoxy) is 2. The van der Waals surface area contributed by atoms with Gasteiger partial charge in [0.15, 0.2) is 0 Å². The largest absolute Gasteiger partial charge is 0.496 e. The molecule has 3 fully saturated rings. The highest BCUT2D eigenvalue weighted by Crippen LogP contribution is 2.69. The van der Waals surface area contributed by atoms with Gasteiger partial charge in [0, 0.05) is 50.2 Å². The summed E-state index contributed by atoms with van der Waals surface area (Å²) in [6, 6.07) is 19.0. The molecule has 2 aliphatic heterocycles. The maximum Gasteiger partial charge on any atom is 0.290 e. The Hall–Kier alpha value is -2.98. The highest BCUT2D eigenvalue weighted by atomic mass is 16.5. The van der Waals surface area contributed by atoms with Gasteiger partial charge in [-0.15, -0.1) is 0 Å². The molecule has 1 spiro atoms. The molecule has 36 heavy (non-hydrogen) atoms. The Labute approximate surface area is 211 Å². The Kier molecular flexibility index (Phi) is 10.2. The van der Waals surface area contributed by atoms with Gasteiger partial charge < -0.3 is 24.8 Å². The summed E-state index contributed by atoms with van der Waals surface area (Å²) in [5.41, 5.74) is 2.50. The van der Waals surface area contributed by atoms with Gasteiger partial charge in [-0.1, -0.05) is 48.5 Å². The van der Waals surface area contributed by atoms with Crippen LogP contribution in [-0.2, 0) is 20.9 Å². The molecule has 9 nitrogen and oxygen atoms in total. The van der Waals surface area contributed by atoms with Gasteiger partial charge in [-0.05, 0) is 23.5 Å². The minimum Gasteiger partial charge on any atom is -0.496 e. The minimum atomic E-state index is -0.302. The second kappa shape index (κ2) is 13.4. The smallest absolute Gasteiger partial charge is 0.290 e. The van der Waals surface area contributed by atoms with Gasteiger partial charge >= 0.3 is 0 Å². The number of hydrogen-bond acceptors (Lipinski definition) is 7. The molecule has 2 heterocycles. The fourth-order valence-electron chi connectivity index (χ4n) is 5.92. The van der Waals surface area contributed by atoms with Crippen LogP contribution in [0.3, 0.4) is 0 Å². The predicted molar refractivity (Wildman–Crippen MR) is 134 cm³/mol. The van der Waals surface area contributed by atoms with E-state index in [1.54, 1.807) is 7.11 Å². The first-order valence-electron chi connectivity index (χ1n) is 12.1. The van der Waals surface area contributed by atoms with Crippen molar-refractivity contribution in [3.8, 4) is 5.75 Å². The standard InChI is InChI=1S/C25H32N2O3.2CH2O2/c1-29-22-10-6-5-9-20(22)15-27-17-23(28)25(18-27)21(16-26-11-13-30-14-12-26)24(25)19-7-3-2-4-8-19;2*2-1-3/h2-10,21,23-24,28H,11-18H2,1H3;2*1H,(H,2,3)/t21-,23+,24-,25-;;/m1../s1. The van der Waals surface area contributed by atoms with E-state index >= 15 is 0 Å². The van der Waals surface area contributed by atoms with E-state index in [0.717, 1.165) is 58.2 Å². The number of methoxy groups -OCH3 is 1. The first-order chi connectivity index (χ1) is 17.5. The van der Waals surface area contributed by atoms with Crippen molar-refractivity contribution in [1.82, 2.24) is 9.80 Å². The van der Waals surface area contributed by atoms with Gasteiger partial charge in [0.25, 0.3) is 12.9 Å². The van der Waals surface area contributed by atoms with Gasteiger partial charge in [-0.25, -0.2) is 0 Å². The summed E-state index contributed by atoms with van der Waals surface area (Å²) >= 11 is 0. The Morgan fingerprint density at radius 2 is 1.61 bits per heavy atom. The molecule has 0 radical (unpaired) electrons. The van der Waals surface area contributed by atoms with E-state index in [1.807, 2.05) is 12.1 Å². The molecule has 0 amide bonds. The number of benzene rings is 2. The van der Waals surface area contributed by atoms with Crippen LogP contribution in [0.15, 0.2) is 54.6 Å². The molecule has 2 saturated heterocycles. The molecule has 2 aromatic rings. The number of hydrogen-bond donors (Lipinski definition) is 3. The molecule has 0 unspecified atom stereocenters. The lowest BCUT2D eigenvalue weighted by Crippen LogP contribution is -2.39. The summed E-state index contributed by atoms with van der Waals surface area (Å²) in [5.74, 6) is 1.82. The topological polar surface area (TPSA) is 120 Å². The second-order valence-electron chi connectivity index (χ2n) is 9.23. The maximum atomic E-state index is 11.3. The molecule has 2 aromatic carbocycles. The van der Waals surface area contributed by atoms with Crippen LogP contribution in [-0.4, -0.2) is 97.2 Å². The maximum absolute atomic E-state index is 11.3. The number of para-hydroxylation sites is 1. The predicted octanol–water partition coefficient (Wildman–Crippen LogP) is 2.01. The molecule has 9 heteroatoms. The van der Waals surface area contributed by atoms with Crippen LogP contribution in [0.4, 0.5) is 0 Å². The third kappa shape index (κ3) is 6.22. The number of β-amino-alcohol motifs (C(OH)–C–C–N with tert-alkyl or cyclic N) is 1. The quantitative estimate of drug-likeness (QED) is 0.512. The van der Waals surface area contributed by atoms with E-state index in [0.29, 0.717) is 11.8 Å². The molecule has 196 valence electrons. The van der Waals surface area contributed by atoms with Crippen LogP contribution in [0.2, 0.25) is 0 Å². The zero-order valence-electron chi connectivity index (χ0n) is 20.6. The van der Waals surface area contributed by atoms with Crippen molar-refractivity contribution in [3.63, 3.8) is 0 Å². The first kappa shape index (κ1) is 27.6. The van der Waals surface area contributed by atoms with Crippen molar-refractivity contribution in [2.24, 2.45) is 11.3 Å². The van der Waals surface area contributed by atoms with E-state index < -0.39 is 0 Å². The molecule has 3 N–H and O–H groups in total. The fourth-order valence-corrected chi connectivity index (χ4v) is 5.92. The van der Waals surface area contributed by atoms with Crippen molar-refractivity contribution >= 4 is 12.9 Å². The van der Waals surface area contributed by atoms with E-state index in [-0.39, 0.29) is 24.5 Å². The zero-order valence-corrected chi connectivity index (χ0v) is 20.6. The van der Waals surface area contributed by atoms with Crippen molar-refractivity contribution in [2.75, 3.05) is 53.0 Å². The molecular formula is C27H36N2O7. The van der Waals surface area contributed by atoms with E-state index in [9.17, 15) is 5.11 Å². The van der Waals surface area contributed by atoms with E-state index in [1.165, 1.54) is 11.1 Å². The molecule has 1 aliphatic carbocycles. The normalized spacial score (nSPS) is 27.2.